The molecule has 0 saturated carbocycles. The topological polar surface area (TPSA) is 87.8 Å². The van der Waals surface area contributed by atoms with Crippen molar-refractivity contribution < 1.29 is 22.7 Å². The second-order valence-corrected chi connectivity index (χ2v) is 6.80. The van der Waals surface area contributed by atoms with Crippen LogP contribution in [0.1, 0.15) is 22.5 Å². The summed E-state index contributed by atoms with van der Waals surface area (Å²) in [6.45, 7) is 0.460. The zero-order valence-electron chi connectivity index (χ0n) is 10.6. The van der Waals surface area contributed by atoms with E-state index in [0.717, 1.165) is 0 Å². The summed E-state index contributed by atoms with van der Waals surface area (Å²) in [4.78, 5) is 11.3. The monoisotopic (exact) mass is 295 g/mol. The van der Waals surface area contributed by atoms with E-state index in [4.69, 9.17) is 4.42 Å². The molecule has 106 valence electrons. The number of hydrogen-bond acceptors (Lipinski definition) is 4. The van der Waals surface area contributed by atoms with Crippen LogP contribution in [0.25, 0.3) is 11.0 Å². The summed E-state index contributed by atoms with van der Waals surface area (Å²) in [5, 5.41) is 9.85. The van der Waals surface area contributed by atoms with Crippen molar-refractivity contribution in [2.24, 2.45) is 0 Å². The number of sulfonamides is 1. The van der Waals surface area contributed by atoms with Gasteiger partial charge in [-0.15, -0.1) is 0 Å². The first-order valence-corrected chi connectivity index (χ1v) is 7.81. The van der Waals surface area contributed by atoms with Gasteiger partial charge in [-0.3, -0.25) is 0 Å². The van der Waals surface area contributed by atoms with Gasteiger partial charge in [0.1, 0.15) is 5.58 Å². The molecule has 0 aliphatic carbocycles. The molecule has 1 N–H and O–H groups in total. The Morgan fingerprint density at radius 2 is 2.10 bits per heavy atom. The van der Waals surface area contributed by atoms with E-state index in [1.54, 1.807) is 24.3 Å². The highest BCUT2D eigenvalue weighted by Gasteiger charge is 2.31. The Kier molecular flexibility index (Phi) is 3.02. The van der Waals surface area contributed by atoms with Crippen LogP contribution in [-0.2, 0) is 16.6 Å². The van der Waals surface area contributed by atoms with Gasteiger partial charge in [-0.05, 0) is 12.5 Å². The molecule has 1 saturated heterocycles. The van der Waals surface area contributed by atoms with Crippen molar-refractivity contribution >= 4 is 27.0 Å². The molecule has 1 fully saturated rings. The molecule has 0 spiro atoms. The first-order valence-electron chi connectivity index (χ1n) is 6.20. The Bertz CT molecular complexity index is 777. The molecule has 0 radical (unpaired) electrons. The molecular weight excluding hydrogens is 282 g/mol. The van der Waals surface area contributed by atoms with Gasteiger partial charge in [0, 0.05) is 24.0 Å². The molecule has 0 bridgehead atoms. The number of carboxylic acid groups (broad SMARTS) is 1. The average Bonchev–Trinajstić information content (AvgIpc) is 2.92. The highest BCUT2D eigenvalue weighted by Crippen LogP contribution is 2.29. The van der Waals surface area contributed by atoms with Crippen LogP contribution in [0.4, 0.5) is 0 Å². The van der Waals surface area contributed by atoms with Crippen LogP contribution >= 0.6 is 0 Å². The smallest absolute Gasteiger partial charge is 0.372 e. The lowest BCUT2D eigenvalue weighted by Gasteiger charge is -2.13. The third-order valence-electron chi connectivity index (χ3n) is 3.43. The molecule has 1 aliphatic heterocycles. The van der Waals surface area contributed by atoms with E-state index in [2.05, 4.69) is 0 Å². The highest BCUT2D eigenvalue weighted by atomic mass is 32.2. The number of fused-ring (bicyclic) bond motifs is 1. The van der Waals surface area contributed by atoms with Gasteiger partial charge in [-0.1, -0.05) is 18.2 Å². The minimum Gasteiger partial charge on any atom is -0.475 e. The molecule has 7 heteroatoms. The first kappa shape index (κ1) is 13.1. The summed E-state index contributed by atoms with van der Waals surface area (Å²) in [5.41, 5.74) is 0.870. The van der Waals surface area contributed by atoms with E-state index in [-0.39, 0.29) is 18.1 Å². The van der Waals surface area contributed by atoms with E-state index in [9.17, 15) is 18.3 Å². The van der Waals surface area contributed by atoms with Crippen molar-refractivity contribution in [3.63, 3.8) is 0 Å². The molecule has 1 aromatic heterocycles. The zero-order valence-corrected chi connectivity index (χ0v) is 11.4. The number of carbonyl (C=O) groups is 1. The third-order valence-corrected chi connectivity index (χ3v) is 5.33. The molecular formula is C13H13NO5S. The maximum atomic E-state index is 11.9. The SMILES string of the molecule is O=C(O)c1oc2ccccc2c1CN1CCCS1(=O)=O. The zero-order chi connectivity index (χ0) is 14.3. The maximum Gasteiger partial charge on any atom is 0.372 e. The van der Waals surface area contributed by atoms with Crippen molar-refractivity contribution in [2.75, 3.05) is 12.3 Å². The second-order valence-electron chi connectivity index (χ2n) is 4.71. The number of carboxylic acids is 1. The van der Waals surface area contributed by atoms with Crippen LogP contribution in [0, 0.1) is 0 Å². The quantitative estimate of drug-likeness (QED) is 0.930. The van der Waals surface area contributed by atoms with Gasteiger partial charge in [0.15, 0.2) is 0 Å². The molecule has 2 aromatic rings. The van der Waals surface area contributed by atoms with Gasteiger partial charge in [0.05, 0.1) is 5.75 Å². The predicted molar refractivity (Wildman–Crippen MR) is 72.0 cm³/mol. The van der Waals surface area contributed by atoms with E-state index in [0.29, 0.717) is 29.5 Å². The molecule has 0 unspecified atom stereocenters. The van der Waals surface area contributed by atoms with E-state index in [1.807, 2.05) is 0 Å². The number of para-hydroxylation sites is 1. The Morgan fingerprint density at radius 3 is 2.75 bits per heavy atom. The molecule has 0 amide bonds. The van der Waals surface area contributed by atoms with Crippen LogP contribution in [0.5, 0.6) is 0 Å². The number of benzene rings is 1. The van der Waals surface area contributed by atoms with Crippen molar-refractivity contribution in [3.8, 4) is 0 Å². The fourth-order valence-corrected chi connectivity index (χ4v) is 3.96. The predicted octanol–water partition coefficient (Wildman–Crippen LogP) is 1.67. The average molecular weight is 295 g/mol. The summed E-state index contributed by atoms with van der Waals surface area (Å²) in [6.07, 6.45) is 0.570. The Labute approximate surface area is 115 Å². The normalized spacial score (nSPS) is 18.6. The summed E-state index contributed by atoms with van der Waals surface area (Å²) in [7, 11) is -3.28. The lowest BCUT2D eigenvalue weighted by atomic mass is 10.1. The Morgan fingerprint density at radius 1 is 1.35 bits per heavy atom. The van der Waals surface area contributed by atoms with Crippen LogP contribution < -0.4 is 0 Å². The van der Waals surface area contributed by atoms with Gasteiger partial charge in [0.25, 0.3) is 0 Å². The van der Waals surface area contributed by atoms with E-state index >= 15 is 0 Å². The number of aromatic carboxylic acids is 1. The Balaban J connectivity index is 2.10. The van der Waals surface area contributed by atoms with Crippen LogP contribution in [0.2, 0.25) is 0 Å². The highest BCUT2D eigenvalue weighted by molar-refractivity contribution is 7.89. The molecule has 1 aliphatic rings. The fraction of sp³-hybridized carbons (Fsp3) is 0.308. The number of nitrogens with zero attached hydrogens (tertiary/aromatic N) is 1. The van der Waals surface area contributed by atoms with Crippen molar-refractivity contribution in [1.29, 1.82) is 0 Å². The third kappa shape index (κ3) is 2.08. The standard InChI is InChI=1S/C13H13NO5S/c15-13(16)12-10(8-14-6-3-7-20(14,17)18)9-4-1-2-5-11(9)19-12/h1-2,4-5H,3,6-8H2,(H,15,16). The second kappa shape index (κ2) is 4.60. The minimum absolute atomic E-state index is 0.0426. The van der Waals surface area contributed by atoms with Gasteiger partial charge < -0.3 is 9.52 Å². The van der Waals surface area contributed by atoms with E-state index < -0.39 is 16.0 Å². The number of rotatable bonds is 3. The Hall–Kier alpha value is -1.86. The summed E-state index contributed by atoms with van der Waals surface area (Å²) < 4.78 is 30.3. The van der Waals surface area contributed by atoms with Crippen LogP contribution in [0.3, 0.4) is 0 Å². The largest absolute Gasteiger partial charge is 0.475 e. The van der Waals surface area contributed by atoms with Crippen molar-refractivity contribution in [2.45, 2.75) is 13.0 Å². The molecule has 6 nitrogen and oxygen atoms in total. The summed E-state index contributed by atoms with van der Waals surface area (Å²) in [5.74, 6) is -1.26. The summed E-state index contributed by atoms with van der Waals surface area (Å²) in [6, 6.07) is 6.92. The van der Waals surface area contributed by atoms with E-state index in [1.165, 1.54) is 4.31 Å². The number of hydrogen-bond donors (Lipinski definition) is 1. The lowest BCUT2D eigenvalue weighted by molar-refractivity contribution is 0.0662. The van der Waals surface area contributed by atoms with Gasteiger partial charge >= 0.3 is 5.97 Å². The molecule has 20 heavy (non-hydrogen) atoms. The molecule has 0 atom stereocenters. The van der Waals surface area contributed by atoms with Crippen LogP contribution in [-0.4, -0.2) is 36.1 Å². The molecule has 2 heterocycles. The van der Waals surface area contributed by atoms with Gasteiger partial charge in [-0.25, -0.2) is 13.2 Å². The van der Waals surface area contributed by atoms with Gasteiger partial charge in [-0.2, -0.15) is 4.31 Å². The minimum atomic E-state index is -3.28. The maximum absolute atomic E-state index is 11.9. The molecule has 3 rings (SSSR count). The van der Waals surface area contributed by atoms with Crippen molar-refractivity contribution in [3.05, 3.63) is 35.6 Å². The van der Waals surface area contributed by atoms with Crippen molar-refractivity contribution in [1.82, 2.24) is 4.31 Å². The van der Waals surface area contributed by atoms with Crippen LogP contribution in [0.15, 0.2) is 28.7 Å². The van der Waals surface area contributed by atoms with Gasteiger partial charge in [0.2, 0.25) is 15.8 Å². The number of furan rings is 1. The summed E-state index contributed by atoms with van der Waals surface area (Å²) >= 11 is 0. The lowest BCUT2D eigenvalue weighted by Crippen LogP contribution is -2.25. The first-order chi connectivity index (χ1) is 9.49. The fourth-order valence-electron chi connectivity index (χ4n) is 2.47. The molecule has 1 aromatic carbocycles.